The molecule has 0 bridgehead atoms. The van der Waals surface area contributed by atoms with Gasteiger partial charge in [0.25, 0.3) is 0 Å². The third kappa shape index (κ3) is 5.06. The van der Waals surface area contributed by atoms with Crippen LogP contribution in [0, 0.1) is 0 Å². The highest BCUT2D eigenvalue weighted by Gasteiger charge is 2.24. The largest absolute Gasteiger partial charge is 0.335 e. The van der Waals surface area contributed by atoms with Crippen LogP contribution in [0.4, 0.5) is 0 Å². The smallest absolute Gasteiger partial charge is 0.309 e. The molecule has 0 spiro atoms. The molecule has 4 nitrogen and oxygen atoms in total. The fourth-order valence-corrected chi connectivity index (χ4v) is 3.39. The normalized spacial score (nSPS) is 12.7. The van der Waals surface area contributed by atoms with Crippen LogP contribution in [0.3, 0.4) is 0 Å². The van der Waals surface area contributed by atoms with Gasteiger partial charge in [-0.3, -0.25) is 9.55 Å². The van der Waals surface area contributed by atoms with E-state index in [9.17, 15) is 4.57 Å². The van der Waals surface area contributed by atoms with Gasteiger partial charge in [-0.05, 0) is 25.5 Å². The topological polar surface area (TPSA) is 48.4 Å². The van der Waals surface area contributed by atoms with E-state index < -0.39 is 7.60 Å². The maximum atomic E-state index is 12.4. The number of hydrogen-bond acceptors (Lipinski definition) is 4. The molecule has 0 fully saturated rings. The van der Waals surface area contributed by atoms with E-state index in [1.54, 1.807) is 6.20 Å². The second kappa shape index (κ2) is 6.65. The highest BCUT2D eigenvalue weighted by molar-refractivity contribution is 7.53. The molecule has 1 aromatic rings. The summed E-state index contributed by atoms with van der Waals surface area (Å²) in [5.41, 5.74) is 1.90. The van der Waals surface area contributed by atoms with Crippen molar-refractivity contribution in [1.82, 2.24) is 4.98 Å². The third-order valence-electron chi connectivity index (χ3n) is 2.62. The van der Waals surface area contributed by atoms with Gasteiger partial charge in [0.1, 0.15) is 0 Å². The fraction of sp³-hybridized carbons (Fsp3) is 0.643. The van der Waals surface area contributed by atoms with Gasteiger partial charge in [0.15, 0.2) is 0 Å². The Kier molecular flexibility index (Phi) is 5.72. The summed E-state index contributed by atoms with van der Waals surface area (Å²) in [6.45, 7) is 10.7. The summed E-state index contributed by atoms with van der Waals surface area (Å²) >= 11 is 0. The molecular weight excluding hydrogens is 261 g/mol. The molecule has 0 saturated heterocycles. The highest BCUT2D eigenvalue weighted by atomic mass is 31.2. The minimum Gasteiger partial charge on any atom is -0.309 e. The first-order valence-corrected chi connectivity index (χ1v) is 8.37. The Morgan fingerprint density at radius 3 is 2.11 bits per heavy atom. The molecule has 1 rings (SSSR count). The lowest BCUT2D eigenvalue weighted by molar-refractivity contribution is 0.219. The second-order valence-corrected chi connectivity index (χ2v) is 7.46. The zero-order valence-corrected chi connectivity index (χ0v) is 13.4. The molecule has 0 aliphatic heterocycles. The van der Waals surface area contributed by atoms with Crippen LogP contribution in [0.1, 0.15) is 45.9 Å². The molecule has 0 radical (unpaired) electrons. The van der Waals surface area contributed by atoms with Crippen molar-refractivity contribution in [1.29, 1.82) is 0 Å². The summed E-state index contributed by atoms with van der Waals surface area (Å²) in [4.78, 5) is 4.42. The SMILES string of the molecule is CCOP(=O)(Cc1ccc(C(C)(C)C)nc1)OCC. The monoisotopic (exact) mass is 285 g/mol. The molecule has 0 N–H and O–H groups in total. The Hall–Kier alpha value is -0.700. The molecule has 0 amide bonds. The van der Waals surface area contributed by atoms with Crippen molar-refractivity contribution in [2.24, 2.45) is 0 Å². The van der Waals surface area contributed by atoms with Crippen LogP contribution in [0.2, 0.25) is 0 Å². The van der Waals surface area contributed by atoms with Gasteiger partial charge in [0.2, 0.25) is 0 Å². The lowest BCUT2D eigenvalue weighted by Crippen LogP contribution is -2.13. The summed E-state index contributed by atoms with van der Waals surface area (Å²) in [5, 5.41) is 0. The van der Waals surface area contributed by atoms with Crippen molar-refractivity contribution in [3.05, 3.63) is 29.6 Å². The van der Waals surface area contributed by atoms with Gasteiger partial charge in [0, 0.05) is 17.3 Å². The van der Waals surface area contributed by atoms with Crippen LogP contribution in [0.25, 0.3) is 0 Å². The van der Waals surface area contributed by atoms with Crippen molar-refractivity contribution in [2.45, 2.75) is 46.2 Å². The van der Waals surface area contributed by atoms with Crippen LogP contribution in [0.5, 0.6) is 0 Å². The van der Waals surface area contributed by atoms with E-state index >= 15 is 0 Å². The number of aromatic nitrogens is 1. The van der Waals surface area contributed by atoms with Gasteiger partial charge < -0.3 is 9.05 Å². The molecule has 108 valence electrons. The van der Waals surface area contributed by atoms with E-state index in [4.69, 9.17) is 9.05 Å². The number of pyridine rings is 1. The van der Waals surface area contributed by atoms with Gasteiger partial charge in [-0.15, -0.1) is 0 Å². The summed E-state index contributed by atoms with van der Waals surface area (Å²) in [6, 6.07) is 3.91. The predicted octanol–water partition coefficient (Wildman–Crippen LogP) is 4.15. The van der Waals surface area contributed by atoms with E-state index in [-0.39, 0.29) is 11.6 Å². The first-order chi connectivity index (χ1) is 8.80. The van der Waals surface area contributed by atoms with Crippen molar-refractivity contribution in [2.75, 3.05) is 13.2 Å². The quantitative estimate of drug-likeness (QED) is 0.737. The molecule has 0 aliphatic carbocycles. The first-order valence-electron chi connectivity index (χ1n) is 6.64. The Labute approximate surface area is 116 Å². The lowest BCUT2D eigenvalue weighted by atomic mass is 9.91. The highest BCUT2D eigenvalue weighted by Crippen LogP contribution is 2.51. The molecule has 0 saturated carbocycles. The van der Waals surface area contributed by atoms with Gasteiger partial charge >= 0.3 is 7.60 Å². The molecule has 5 heteroatoms. The minimum absolute atomic E-state index is 0.0159. The molecule has 0 aliphatic rings. The fourth-order valence-electron chi connectivity index (χ4n) is 1.71. The van der Waals surface area contributed by atoms with Crippen LogP contribution >= 0.6 is 7.60 Å². The van der Waals surface area contributed by atoms with Gasteiger partial charge in [-0.25, -0.2) is 0 Å². The number of hydrogen-bond donors (Lipinski definition) is 0. The summed E-state index contributed by atoms with van der Waals surface area (Å²) < 4.78 is 22.9. The molecule has 0 atom stereocenters. The van der Waals surface area contributed by atoms with E-state index in [0.717, 1.165) is 11.3 Å². The van der Waals surface area contributed by atoms with Gasteiger partial charge in [-0.2, -0.15) is 0 Å². The van der Waals surface area contributed by atoms with E-state index in [0.29, 0.717) is 13.2 Å². The average Bonchev–Trinajstić information content (AvgIpc) is 2.28. The number of nitrogens with zero attached hydrogens (tertiary/aromatic N) is 1. The summed E-state index contributed by atoms with van der Waals surface area (Å²) in [5.74, 6) is 0. The first kappa shape index (κ1) is 16.4. The van der Waals surface area contributed by atoms with Crippen LogP contribution in [0.15, 0.2) is 18.3 Å². The third-order valence-corrected chi connectivity index (χ3v) is 4.68. The molecule has 19 heavy (non-hydrogen) atoms. The summed E-state index contributed by atoms with van der Waals surface area (Å²) in [7, 11) is -3.04. The van der Waals surface area contributed by atoms with Crippen LogP contribution in [-0.4, -0.2) is 18.2 Å². The average molecular weight is 285 g/mol. The van der Waals surface area contributed by atoms with Crippen molar-refractivity contribution >= 4 is 7.60 Å². The van der Waals surface area contributed by atoms with Crippen molar-refractivity contribution in [3.63, 3.8) is 0 Å². The number of rotatable bonds is 6. The Morgan fingerprint density at radius 1 is 1.16 bits per heavy atom. The minimum atomic E-state index is -3.04. The molecule has 1 heterocycles. The standard InChI is InChI=1S/C14H24NO3P/c1-6-17-19(16,18-7-2)11-12-8-9-13(15-10-12)14(3,4)5/h8-10H,6-7,11H2,1-5H3. The van der Waals surface area contributed by atoms with E-state index in [1.165, 1.54) is 0 Å². The molecule has 0 unspecified atom stereocenters. The van der Waals surface area contributed by atoms with Crippen LogP contribution in [-0.2, 0) is 25.2 Å². The maximum Gasteiger partial charge on any atom is 0.335 e. The second-order valence-electron chi connectivity index (χ2n) is 5.41. The Morgan fingerprint density at radius 2 is 1.74 bits per heavy atom. The zero-order valence-electron chi connectivity index (χ0n) is 12.5. The molecular formula is C14H24NO3P. The molecule has 1 aromatic heterocycles. The molecule has 0 aromatic carbocycles. The van der Waals surface area contributed by atoms with Crippen molar-refractivity contribution in [3.8, 4) is 0 Å². The summed E-state index contributed by atoms with van der Waals surface area (Å²) in [6.07, 6.45) is 2.03. The zero-order chi connectivity index (χ0) is 14.5. The predicted molar refractivity (Wildman–Crippen MR) is 77.5 cm³/mol. The van der Waals surface area contributed by atoms with Crippen LogP contribution < -0.4 is 0 Å². The van der Waals surface area contributed by atoms with Gasteiger partial charge in [-0.1, -0.05) is 26.8 Å². The van der Waals surface area contributed by atoms with Crippen molar-refractivity contribution < 1.29 is 13.6 Å². The Bertz CT molecular complexity index is 427. The van der Waals surface area contributed by atoms with E-state index in [2.05, 4.69) is 25.8 Å². The van der Waals surface area contributed by atoms with Gasteiger partial charge in [0.05, 0.1) is 19.4 Å². The lowest BCUT2D eigenvalue weighted by Gasteiger charge is -2.19. The maximum absolute atomic E-state index is 12.4. The Balaban J connectivity index is 2.84. The van der Waals surface area contributed by atoms with E-state index in [1.807, 2.05) is 26.0 Å².